The van der Waals surface area contributed by atoms with Crippen molar-refractivity contribution in [1.82, 2.24) is 11.0 Å². The Balaban J connectivity index is 2.12. The Hall–Kier alpha value is -3.14. The van der Waals surface area contributed by atoms with E-state index >= 15 is 0 Å². The number of fused-ring (bicyclic) bond motifs is 3. The van der Waals surface area contributed by atoms with Gasteiger partial charge in [-0.05, 0) is 23.3 Å². The minimum atomic E-state index is 0.814. The molecule has 1 aliphatic rings. The molecule has 0 aromatic heterocycles. The lowest BCUT2D eigenvalue weighted by atomic mass is 9.98. The number of rotatable bonds is 0. The van der Waals surface area contributed by atoms with E-state index < -0.39 is 0 Å². The van der Waals surface area contributed by atoms with Crippen LogP contribution in [0.15, 0.2) is 89.4 Å². The average Bonchev–Trinajstić information content (AvgIpc) is 2.57. The summed E-state index contributed by atoms with van der Waals surface area (Å²) >= 11 is 0. The van der Waals surface area contributed by atoms with E-state index in [-0.39, 0.29) is 0 Å². The predicted molar refractivity (Wildman–Crippen MR) is 90.0 cm³/mol. The van der Waals surface area contributed by atoms with E-state index in [1.807, 2.05) is 54.6 Å². The lowest BCUT2D eigenvalue weighted by Crippen LogP contribution is -2.19. The largest absolute Gasteiger partial charge is 0.291 e. The van der Waals surface area contributed by atoms with Gasteiger partial charge in [0.05, 0.1) is 5.69 Å². The van der Waals surface area contributed by atoms with Crippen LogP contribution in [0.1, 0.15) is 5.56 Å². The molecule has 4 nitrogen and oxygen atoms in total. The molecule has 0 fully saturated rings. The van der Waals surface area contributed by atoms with Gasteiger partial charge in [0.1, 0.15) is 0 Å². The third kappa shape index (κ3) is 3.30. The first-order valence-electron chi connectivity index (χ1n) is 7.05. The standard InChI is InChI=1S/C18H16N4/c1-2-8-14-19-21-22-20-18-13-7-6-12-17(18)16-11-5-4-10-15(16)9-3-1/h1-14H,(H,19,22)(H,20,21). The Labute approximate surface area is 129 Å². The molecule has 1 aliphatic heterocycles. The summed E-state index contributed by atoms with van der Waals surface area (Å²) in [6.07, 6.45) is 11.6. The number of nitrogens with one attached hydrogen (secondary N) is 2. The molecule has 22 heavy (non-hydrogen) atoms. The molecule has 108 valence electrons. The van der Waals surface area contributed by atoms with Gasteiger partial charge in [0, 0.05) is 11.8 Å². The molecular weight excluding hydrogens is 272 g/mol. The third-order valence-corrected chi connectivity index (χ3v) is 3.22. The van der Waals surface area contributed by atoms with Crippen molar-refractivity contribution in [2.45, 2.75) is 0 Å². The first kappa shape index (κ1) is 13.8. The van der Waals surface area contributed by atoms with E-state index in [9.17, 15) is 0 Å². The van der Waals surface area contributed by atoms with E-state index in [1.54, 1.807) is 6.20 Å². The van der Waals surface area contributed by atoms with Crippen LogP contribution in [0.3, 0.4) is 0 Å². The topological polar surface area (TPSA) is 48.8 Å². The van der Waals surface area contributed by atoms with Gasteiger partial charge in [-0.15, -0.1) is 5.11 Å². The third-order valence-electron chi connectivity index (χ3n) is 3.22. The fourth-order valence-corrected chi connectivity index (χ4v) is 2.21. The van der Waals surface area contributed by atoms with Gasteiger partial charge in [-0.1, -0.05) is 72.0 Å². The Kier molecular flexibility index (Phi) is 4.42. The summed E-state index contributed by atoms with van der Waals surface area (Å²) in [5, 5.41) is 8.19. The van der Waals surface area contributed by atoms with E-state index in [0.717, 1.165) is 22.4 Å². The van der Waals surface area contributed by atoms with Gasteiger partial charge < -0.3 is 0 Å². The fourth-order valence-electron chi connectivity index (χ4n) is 2.21. The summed E-state index contributed by atoms with van der Waals surface area (Å²) in [4.78, 5) is 0. The molecule has 0 unspecified atom stereocenters. The molecule has 2 N–H and O–H groups in total. The number of benzene rings is 2. The van der Waals surface area contributed by atoms with Crippen LogP contribution in [0.2, 0.25) is 0 Å². The van der Waals surface area contributed by atoms with E-state index in [0.29, 0.717) is 0 Å². The minimum Gasteiger partial charge on any atom is -0.291 e. The number of hydrogen-bond donors (Lipinski definition) is 2. The zero-order chi connectivity index (χ0) is 15.0. The van der Waals surface area contributed by atoms with Gasteiger partial charge >= 0.3 is 0 Å². The summed E-state index contributed by atoms with van der Waals surface area (Å²) in [5.41, 5.74) is 9.62. The first-order chi connectivity index (χ1) is 10.9. The average molecular weight is 288 g/mol. The fraction of sp³-hybridized carbons (Fsp3) is 0. The van der Waals surface area contributed by atoms with Crippen molar-refractivity contribution in [3.05, 3.63) is 84.6 Å². The van der Waals surface area contributed by atoms with Crippen molar-refractivity contribution in [1.29, 1.82) is 0 Å². The second-order valence-electron chi connectivity index (χ2n) is 4.66. The van der Waals surface area contributed by atoms with Crippen molar-refractivity contribution in [3.8, 4) is 11.1 Å². The first-order valence-corrected chi connectivity index (χ1v) is 7.05. The Morgan fingerprint density at radius 3 is 2.45 bits per heavy atom. The maximum Gasteiger partial charge on any atom is 0.0953 e. The molecule has 0 spiro atoms. The maximum atomic E-state index is 4.25. The highest BCUT2D eigenvalue weighted by molar-refractivity contribution is 5.82. The van der Waals surface area contributed by atoms with Gasteiger partial charge in [-0.3, -0.25) is 5.43 Å². The highest BCUT2D eigenvalue weighted by Crippen LogP contribution is 2.33. The Bertz CT molecular complexity index is 757. The predicted octanol–water partition coefficient (Wildman–Crippen LogP) is 4.54. The lowest BCUT2D eigenvalue weighted by Gasteiger charge is -2.09. The van der Waals surface area contributed by atoms with E-state index in [4.69, 9.17) is 0 Å². The molecule has 0 saturated heterocycles. The second-order valence-corrected chi connectivity index (χ2v) is 4.66. The van der Waals surface area contributed by atoms with Gasteiger partial charge in [0.15, 0.2) is 0 Å². The molecule has 0 atom stereocenters. The SMILES string of the molecule is C1=C\NN/N=N/c2ccccc2-c2ccccc2/C=C/C=C/1. The van der Waals surface area contributed by atoms with Crippen molar-refractivity contribution in [2.24, 2.45) is 10.3 Å². The summed E-state index contributed by atoms with van der Waals surface area (Å²) in [6.45, 7) is 0. The highest BCUT2D eigenvalue weighted by Gasteiger charge is 2.07. The van der Waals surface area contributed by atoms with E-state index in [2.05, 4.69) is 45.6 Å². The molecule has 1 heterocycles. The monoisotopic (exact) mass is 288 g/mol. The van der Waals surface area contributed by atoms with Gasteiger partial charge in [0.25, 0.3) is 0 Å². The summed E-state index contributed by atoms with van der Waals surface area (Å²) in [7, 11) is 0. The van der Waals surface area contributed by atoms with Crippen LogP contribution < -0.4 is 11.0 Å². The van der Waals surface area contributed by atoms with Gasteiger partial charge in [-0.2, -0.15) is 0 Å². The highest BCUT2D eigenvalue weighted by atomic mass is 15.6. The summed E-state index contributed by atoms with van der Waals surface area (Å²) in [6, 6.07) is 16.2. The lowest BCUT2D eigenvalue weighted by molar-refractivity contribution is 0.631. The van der Waals surface area contributed by atoms with Crippen LogP contribution in [0.5, 0.6) is 0 Å². The zero-order valence-corrected chi connectivity index (χ0v) is 12.0. The molecule has 2 aromatic rings. The molecule has 0 bridgehead atoms. The van der Waals surface area contributed by atoms with Crippen LogP contribution in [-0.2, 0) is 0 Å². The maximum absolute atomic E-state index is 4.25. The van der Waals surface area contributed by atoms with Crippen molar-refractivity contribution >= 4 is 11.8 Å². The van der Waals surface area contributed by atoms with Crippen LogP contribution in [0, 0.1) is 0 Å². The minimum absolute atomic E-state index is 0.814. The number of nitrogens with zero attached hydrogens (tertiary/aromatic N) is 2. The van der Waals surface area contributed by atoms with Crippen molar-refractivity contribution in [3.63, 3.8) is 0 Å². The van der Waals surface area contributed by atoms with Crippen molar-refractivity contribution in [2.75, 3.05) is 0 Å². The van der Waals surface area contributed by atoms with Gasteiger partial charge in [0.2, 0.25) is 0 Å². The molecule has 3 rings (SSSR count). The van der Waals surface area contributed by atoms with Gasteiger partial charge in [-0.25, -0.2) is 5.53 Å². The number of allylic oxidation sites excluding steroid dienone is 4. The van der Waals surface area contributed by atoms with Crippen LogP contribution in [0.25, 0.3) is 17.2 Å². The Morgan fingerprint density at radius 1 is 0.727 bits per heavy atom. The molecule has 4 heteroatoms. The molecule has 0 saturated carbocycles. The summed E-state index contributed by atoms with van der Waals surface area (Å²) < 4.78 is 0. The number of hydrogen-bond acceptors (Lipinski definition) is 4. The zero-order valence-electron chi connectivity index (χ0n) is 12.0. The van der Waals surface area contributed by atoms with Crippen molar-refractivity contribution < 1.29 is 0 Å². The van der Waals surface area contributed by atoms with Crippen LogP contribution in [-0.4, -0.2) is 0 Å². The molecule has 0 aliphatic carbocycles. The normalized spacial score (nSPS) is 19.3. The molecule has 0 radical (unpaired) electrons. The summed E-state index contributed by atoms with van der Waals surface area (Å²) in [5.74, 6) is 0. The number of hydrazine groups is 1. The molecule has 0 amide bonds. The molecular formula is C18H16N4. The smallest absolute Gasteiger partial charge is 0.0953 e. The Morgan fingerprint density at radius 2 is 1.50 bits per heavy atom. The van der Waals surface area contributed by atoms with E-state index in [1.165, 1.54) is 0 Å². The van der Waals surface area contributed by atoms with Crippen LogP contribution in [0.4, 0.5) is 5.69 Å². The second kappa shape index (κ2) is 7.04. The molecule has 2 aromatic carbocycles. The quantitative estimate of drug-likeness (QED) is 0.747. The van der Waals surface area contributed by atoms with Crippen LogP contribution >= 0.6 is 0 Å².